The second-order valence-electron chi connectivity index (χ2n) is 6.59. The Morgan fingerprint density at radius 2 is 1.58 bits per heavy atom. The lowest BCUT2D eigenvalue weighted by molar-refractivity contribution is -0.113. The standard InChI is InChI=1S/C23H14BrCl2NO3S/c24-16-3-10-20(30-13-14-1-4-17(25)5-2-14)15(11-16)12-21-22(28)27(23(29)31-21)19-8-6-18(26)7-9-19/h1-12H,13H2/b21-12+. The molecule has 1 saturated heterocycles. The third kappa shape index (κ3) is 5.15. The molecule has 0 aromatic heterocycles. The number of hydrogen-bond donors (Lipinski definition) is 0. The molecule has 0 bridgehead atoms. The third-order valence-corrected chi connectivity index (χ3v) is 6.31. The van der Waals surface area contributed by atoms with Crippen molar-refractivity contribution in [3.8, 4) is 5.75 Å². The van der Waals surface area contributed by atoms with Crippen LogP contribution in [0.3, 0.4) is 0 Å². The van der Waals surface area contributed by atoms with Gasteiger partial charge in [0.1, 0.15) is 12.4 Å². The Bertz CT molecular complexity index is 1180. The van der Waals surface area contributed by atoms with Crippen LogP contribution in [-0.4, -0.2) is 11.1 Å². The predicted molar refractivity (Wildman–Crippen MR) is 130 cm³/mol. The van der Waals surface area contributed by atoms with E-state index in [9.17, 15) is 9.59 Å². The van der Waals surface area contributed by atoms with E-state index in [2.05, 4.69) is 15.9 Å². The van der Waals surface area contributed by atoms with Crippen LogP contribution in [0.2, 0.25) is 10.0 Å². The minimum atomic E-state index is -0.388. The Kier molecular flexibility index (Phi) is 6.72. The quantitative estimate of drug-likeness (QED) is 0.316. The van der Waals surface area contributed by atoms with Gasteiger partial charge >= 0.3 is 0 Å². The molecule has 8 heteroatoms. The Morgan fingerprint density at radius 1 is 0.935 bits per heavy atom. The highest BCUT2D eigenvalue weighted by Gasteiger charge is 2.36. The van der Waals surface area contributed by atoms with Crippen molar-refractivity contribution in [1.82, 2.24) is 0 Å². The van der Waals surface area contributed by atoms with Crippen LogP contribution in [0.25, 0.3) is 6.08 Å². The summed E-state index contributed by atoms with van der Waals surface area (Å²) in [6, 6.07) is 19.4. The molecule has 0 unspecified atom stereocenters. The van der Waals surface area contributed by atoms with Gasteiger partial charge < -0.3 is 4.74 Å². The van der Waals surface area contributed by atoms with Crippen molar-refractivity contribution < 1.29 is 14.3 Å². The van der Waals surface area contributed by atoms with Crippen molar-refractivity contribution in [2.75, 3.05) is 4.90 Å². The fourth-order valence-electron chi connectivity index (χ4n) is 2.93. The number of amides is 2. The predicted octanol–water partition coefficient (Wildman–Crippen LogP) is 7.58. The SMILES string of the molecule is O=C1S/C(=C/c2cc(Br)ccc2OCc2ccc(Cl)cc2)C(=O)N1c1ccc(Cl)cc1. The molecule has 156 valence electrons. The zero-order chi connectivity index (χ0) is 22.0. The van der Waals surface area contributed by atoms with E-state index in [4.69, 9.17) is 27.9 Å². The molecule has 0 N–H and O–H groups in total. The van der Waals surface area contributed by atoms with Crippen LogP contribution in [0.4, 0.5) is 10.5 Å². The second kappa shape index (κ2) is 9.49. The van der Waals surface area contributed by atoms with Crippen molar-refractivity contribution in [3.63, 3.8) is 0 Å². The average Bonchev–Trinajstić information content (AvgIpc) is 3.02. The van der Waals surface area contributed by atoms with E-state index in [-0.39, 0.29) is 11.1 Å². The van der Waals surface area contributed by atoms with Gasteiger partial charge in [0.05, 0.1) is 10.6 Å². The van der Waals surface area contributed by atoms with Crippen molar-refractivity contribution >= 4 is 73.8 Å². The topological polar surface area (TPSA) is 46.6 Å². The van der Waals surface area contributed by atoms with Crippen LogP contribution >= 0.6 is 50.9 Å². The van der Waals surface area contributed by atoms with E-state index in [1.54, 1.807) is 42.5 Å². The number of anilines is 1. The zero-order valence-electron chi connectivity index (χ0n) is 15.8. The third-order valence-electron chi connectivity index (χ3n) is 4.44. The summed E-state index contributed by atoms with van der Waals surface area (Å²) >= 11 is 16.2. The highest BCUT2D eigenvalue weighted by atomic mass is 79.9. The highest BCUT2D eigenvalue weighted by Crippen LogP contribution is 2.37. The Hall–Kier alpha value is -2.25. The summed E-state index contributed by atoms with van der Waals surface area (Å²) in [5, 5.41) is 0.824. The number of ether oxygens (including phenoxy) is 1. The summed E-state index contributed by atoms with van der Waals surface area (Å²) < 4.78 is 6.80. The van der Waals surface area contributed by atoms with Gasteiger partial charge in [-0.3, -0.25) is 9.59 Å². The fraction of sp³-hybridized carbons (Fsp3) is 0.0435. The van der Waals surface area contributed by atoms with Crippen LogP contribution in [0, 0.1) is 0 Å². The van der Waals surface area contributed by atoms with Gasteiger partial charge in [-0.25, -0.2) is 4.90 Å². The number of halogens is 3. The minimum Gasteiger partial charge on any atom is -0.488 e. The van der Waals surface area contributed by atoms with E-state index in [0.717, 1.165) is 26.7 Å². The number of imide groups is 1. The largest absolute Gasteiger partial charge is 0.488 e. The van der Waals surface area contributed by atoms with Crippen molar-refractivity contribution in [2.45, 2.75) is 6.61 Å². The number of nitrogens with zero attached hydrogens (tertiary/aromatic N) is 1. The van der Waals surface area contributed by atoms with Gasteiger partial charge in [0.15, 0.2) is 0 Å². The van der Waals surface area contributed by atoms with Gasteiger partial charge in [0.2, 0.25) is 0 Å². The van der Waals surface area contributed by atoms with Gasteiger partial charge in [0, 0.05) is 20.1 Å². The summed E-state index contributed by atoms with van der Waals surface area (Å²) in [4.78, 5) is 26.9. The Labute approximate surface area is 201 Å². The molecule has 3 aromatic carbocycles. The van der Waals surface area contributed by atoms with Crippen LogP contribution in [0.1, 0.15) is 11.1 Å². The van der Waals surface area contributed by atoms with Crippen LogP contribution in [-0.2, 0) is 11.4 Å². The molecular weight excluding hydrogens is 521 g/mol. The maximum Gasteiger partial charge on any atom is 0.298 e. The molecule has 0 aliphatic carbocycles. The molecule has 0 radical (unpaired) electrons. The molecule has 4 rings (SSSR count). The summed E-state index contributed by atoms with van der Waals surface area (Å²) in [6.45, 7) is 0.339. The highest BCUT2D eigenvalue weighted by molar-refractivity contribution is 9.10. The lowest BCUT2D eigenvalue weighted by Crippen LogP contribution is -2.27. The van der Waals surface area contributed by atoms with Crippen molar-refractivity contribution in [2.24, 2.45) is 0 Å². The van der Waals surface area contributed by atoms with Gasteiger partial charge in [-0.05, 0) is 78.0 Å². The average molecular weight is 535 g/mol. The Balaban J connectivity index is 1.59. The summed E-state index contributed by atoms with van der Waals surface area (Å²) in [5.74, 6) is 0.206. The van der Waals surface area contributed by atoms with Gasteiger partial charge in [-0.2, -0.15) is 0 Å². The summed E-state index contributed by atoms with van der Waals surface area (Å²) in [6.07, 6.45) is 1.67. The normalized spacial score (nSPS) is 15.1. The zero-order valence-corrected chi connectivity index (χ0v) is 19.8. The van der Waals surface area contributed by atoms with E-state index >= 15 is 0 Å². The first-order valence-electron chi connectivity index (χ1n) is 9.11. The van der Waals surface area contributed by atoms with Crippen LogP contribution < -0.4 is 9.64 Å². The molecule has 31 heavy (non-hydrogen) atoms. The van der Waals surface area contributed by atoms with E-state index < -0.39 is 0 Å². The molecule has 3 aromatic rings. The van der Waals surface area contributed by atoms with E-state index in [1.165, 1.54) is 0 Å². The molecule has 0 atom stereocenters. The van der Waals surface area contributed by atoms with E-state index in [0.29, 0.717) is 38.6 Å². The number of rotatable bonds is 5. The Morgan fingerprint density at radius 3 is 2.26 bits per heavy atom. The first-order chi connectivity index (χ1) is 14.9. The molecule has 4 nitrogen and oxygen atoms in total. The smallest absolute Gasteiger partial charge is 0.298 e. The maximum atomic E-state index is 12.9. The molecule has 0 saturated carbocycles. The minimum absolute atomic E-state index is 0.314. The van der Waals surface area contributed by atoms with E-state index in [1.807, 2.05) is 30.3 Å². The molecule has 1 aliphatic heterocycles. The fourth-order valence-corrected chi connectivity index (χ4v) is 4.39. The molecule has 1 aliphatic rings. The van der Waals surface area contributed by atoms with Gasteiger partial charge in [0.25, 0.3) is 11.1 Å². The first kappa shape index (κ1) is 22.0. The number of hydrogen-bond acceptors (Lipinski definition) is 4. The first-order valence-corrected chi connectivity index (χ1v) is 11.5. The van der Waals surface area contributed by atoms with Crippen LogP contribution in [0.5, 0.6) is 5.75 Å². The number of benzene rings is 3. The van der Waals surface area contributed by atoms with Crippen molar-refractivity contribution in [1.29, 1.82) is 0 Å². The molecular formula is C23H14BrCl2NO3S. The maximum absolute atomic E-state index is 12.9. The van der Waals surface area contributed by atoms with Gasteiger partial charge in [-0.15, -0.1) is 0 Å². The van der Waals surface area contributed by atoms with Crippen LogP contribution in [0.15, 0.2) is 76.1 Å². The molecule has 2 amide bonds. The number of thioether (sulfide) groups is 1. The summed E-state index contributed by atoms with van der Waals surface area (Å²) in [5.41, 5.74) is 2.12. The number of carbonyl (C=O) groups is 2. The van der Waals surface area contributed by atoms with Gasteiger partial charge in [-0.1, -0.05) is 51.3 Å². The number of carbonyl (C=O) groups excluding carboxylic acids is 2. The van der Waals surface area contributed by atoms with Crippen molar-refractivity contribution in [3.05, 3.63) is 97.3 Å². The lowest BCUT2D eigenvalue weighted by Gasteiger charge is -2.12. The molecule has 1 heterocycles. The molecule has 0 spiro atoms. The second-order valence-corrected chi connectivity index (χ2v) is 9.37. The summed E-state index contributed by atoms with van der Waals surface area (Å²) in [7, 11) is 0. The monoisotopic (exact) mass is 533 g/mol. The molecule has 1 fully saturated rings. The lowest BCUT2D eigenvalue weighted by atomic mass is 10.1.